The average molecular weight is 285 g/mol. The van der Waals surface area contributed by atoms with Crippen molar-refractivity contribution in [2.45, 2.75) is 6.61 Å². The van der Waals surface area contributed by atoms with Crippen LogP contribution in [0, 0.1) is 5.82 Å². The van der Waals surface area contributed by atoms with Gasteiger partial charge in [-0.2, -0.15) is 0 Å². The molecule has 0 aliphatic heterocycles. The van der Waals surface area contributed by atoms with Crippen LogP contribution in [-0.4, -0.2) is 16.1 Å². The standard InChI is InChI=1S/C15H12FN3O2/c16-11-6-7-12-13(8-11)18-14(17-12)19-15(20)21-9-10-4-2-1-3-5-10/h1-8H,9H2,(H2,17,18,19,20). The van der Waals surface area contributed by atoms with E-state index in [0.717, 1.165) is 5.56 Å². The minimum Gasteiger partial charge on any atom is -0.444 e. The summed E-state index contributed by atoms with van der Waals surface area (Å²) in [7, 11) is 0. The van der Waals surface area contributed by atoms with Crippen LogP contribution in [0.3, 0.4) is 0 Å². The Morgan fingerprint density at radius 2 is 2.05 bits per heavy atom. The molecule has 1 aromatic heterocycles. The third kappa shape index (κ3) is 3.17. The Bertz CT molecular complexity index is 771. The van der Waals surface area contributed by atoms with Crippen LogP contribution in [0.2, 0.25) is 0 Å². The zero-order valence-corrected chi connectivity index (χ0v) is 11.0. The van der Waals surface area contributed by atoms with E-state index < -0.39 is 6.09 Å². The summed E-state index contributed by atoms with van der Waals surface area (Å²) in [5.74, 6) is -0.155. The Balaban J connectivity index is 1.63. The van der Waals surface area contributed by atoms with Crippen LogP contribution in [0.15, 0.2) is 48.5 Å². The molecule has 106 valence electrons. The Morgan fingerprint density at radius 1 is 1.24 bits per heavy atom. The van der Waals surface area contributed by atoms with E-state index in [2.05, 4.69) is 15.3 Å². The smallest absolute Gasteiger partial charge is 0.414 e. The number of carbonyl (C=O) groups excluding carboxylic acids is 1. The number of hydrogen-bond donors (Lipinski definition) is 2. The van der Waals surface area contributed by atoms with E-state index in [0.29, 0.717) is 11.0 Å². The maximum absolute atomic E-state index is 13.1. The van der Waals surface area contributed by atoms with Gasteiger partial charge in [0.05, 0.1) is 11.0 Å². The van der Waals surface area contributed by atoms with Crippen LogP contribution in [0.1, 0.15) is 5.56 Å². The minimum absolute atomic E-state index is 0.168. The van der Waals surface area contributed by atoms with Gasteiger partial charge in [0.15, 0.2) is 0 Å². The van der Waals surface area contributed by atoms with Crippen LogP contribution in [-0.2, 0) is 11.3 Å². The zero-order chi connectivity index (χ0) is 14.7. The van der Waals surface area contributed by atoms with Crippen LogP contribution in [0.5, 0.6) is 0 Å². The fourth-order valence-electron chi connectivity index (χ4n) is 1.90. The topological polar surface area (TPSA) is 67.0 Å². The number of nitrogens with one attached hydrogen (secondary N) is 2. The fourth-order valence-corrected chi connectivity index (χ4v) is 1.90. The van der Waals surface area contributed by atoms with E-state index in [9.17, 15) is 9.18 Å². The van der Waals surface area contributed by atoms with Crippen LogP contribution < -0.4 is 5.32 Å². The molecule has 0 aliphatic carbocycles. The second-order valence-electron chi connectivity index (χ2n) is 4.43. The molecular formula is C15H12FN3O2. The van der Waals surface area contributed by atoms with Gasteiger partial charge in [0.2, 0.25) is 5.95 Å². The first-order chi connectivity index (χ1) is 10.2. The van der Waals surface area contributed by atoms with Gasteiger partial charge in [-0.1, -0.05) is 30.3 Å². The number of imidazole rings is 1. The zero-order valence-electron chi connectivity index (χ0n) is 11.0. The molecule has 2 N–H and O–H groups in total. The summed E-state index contributed by atoms with van der Waals surface area (Å²) in [6.07, 6.45) is -0.626. The van der Waals surface area contributed by atoms with Crippen molar-refractivity contribution in [3.8, 4) is 0 Å². The summed E-state index contributed by atoms with van der Waals surface area (Å²) >= 11 is 0. The molecule has 1 amide bonds. The monoisotopic (exact) mass is 285 g/mol. The normalized spacial score (nSPS) is 10.5. The van der Waals surface area contributed by atoms with Gasteiger partial charge in [0, 0.05) is 0 Å². The molecular weight excluding hydrogens is 273 g/mol. The van der Waals surface area contributed by atoms with Crippen molar-refractivity contribution in [3.63, 3.8) is 0 Å². The van der Waals surface area contributed by atoms with E-state index in [1.54, 1.807) is 0 Å². The van der Waals surface area contributed by atoms with Gasteiger partial charge in [-0.3, -0.25) is 5.32 Å². The number of anilines is 1. The predicted octanol–water partition coefficient (Wildman–Crippen LogP) is 3.45. The molecule has 0 unspecified atom stereocenters. The van der Waals surface area contributed by atoms with Crippen molar-refractivity contribution in [2.24, 2.45) is 0 Å². The Labute approximate surface area is 119 Å². The van der Waals surface area contributed by atoms with E-state index in [-0.39, 0.29) is 18.4 Å². The SMILES string of the molecule is O=C(Nc1nc2ccc(F)cc2[nH]1)OCc1ccccc1. The maximum atomic E-state index is 13.1. The summed E-state index contributed by atoms with van der Waals surface area (Å²) in [4.78, 5) is 18.6. The van der Waals surface area contributed by atoms with Crippen molar-refractivity contribution in [1.29, 1.82) is 0 Å². The van der Waals surface area contributed by atoms with Gasteiger partial charge >= 0.3 is 6.09 Å². The molecule has 0 aliphatic rings. The highest BCUT2D eigenvalue weighted by Crippen LogP contribution is 2.15. The largest absolute Gasteiger partial charge is 0.444 e. The highest BCUT2D eigenvalue weighted by atomic mass is 19.1. The summed E-state index contributed by atoms with van der Waals surface area (Å²) in [6, 6.07) is 13.5. The third-order valence-electron chi connectivity index (χ3n) is 2.88. The molecule has 0 bridgehead atoms. The number of fused-ring (bicyclic) bond motifs is 1. The van der Waals surface area contributed by atoms with Crippen molar-refractivity contribution in [2.75, 3.05) is 5.32 Å². The quantitative estimate of drug-likeness (QED) is 0.774. The van der Waals surface area contributed by atoms with Crippen molar-refractivity contribution >= 4 is 23.1 Å². The van der Waals surface area contributed by atoms with Gasteiger partial charge in [-0.15, -0.1) is 0 Å². The molecule has 0 radical (unpaired) electrons. The fraction of sp³-hybridized carbons (Fsp3) is 0.0667. The number of hydrogen-bond acceptors (Lipinski definition) is 3. The molecule has 0 atom stereocenters. The summed E-state index contributed by atoms with van der Waals surface area (Å²) < 4.78 is 18.1. The Morgan fingerprint density at radius 3 is 2.86 bits per heavy atom. The van der Waals surface area contributed by atoms with E-state index in [4.69, 9.17) is 4.74 Å². The lowest BCUT2D eigenvalue weighted by Crippen LogP contribution is -2.14. The molecule has 3 rings (SSSR count). The number of benzene rings is 2. The number of ether oxygens (including phenoxy) is 1. The number of aromatic nitrogens is 2. The first-order valence-corrected chi connectivity index (χ1v) is 6.34. The molecule has 3 aromatic rings. The molecule has 0 spiro atoms. The Hall–Kier alpha value is -2.89. The van der Waals surface area contributed by atoms with Crippen molar-refractivity contribution in [1.82, 2.24) is 9.97 Å². The first kappa shape index (κ1) is 13.1. The van der Waals surface area contributed by atoms with E-state index in [1.807, 2.05) is 30.3 Å². The third-order valence-corrected chi connectivity index (χ3v) is 2.88. The minimum atomic E-state index is -0.626. The predicted molar refractivity (Wildman–Crippen MR) is 76.3 cm³/mol. The average Bonchev–Trinajstić information content (AvgIpc) is 2.87. The summed E-state index contributed by atoms with van der Waals surface area (Å²) in [5.41, 5.74) is 1.96. The van der Waals surface area contributed by atoms with Gasteiger partial charge in [-0.25, -0.2) is 14.2 Å². The van der Waals surface area contributed by atoms with Gasteiger partial charge in [-0.05, 0) is 23.8 Å². The van der Waals surface area contributed by atoms with Crippen molar-refractivity contribution < 1.29 is 13.9 Å². The number of amides is 1. The van der Waals surface area contributed by atoms with Crippen LogP contribution >= 0.6 is 0 Å². The second-order valence-corrected chi connectivity index (χ2v) is 4.43. The number of H-pyrrole nitrogens is 1. The second kappa shape index (κ2) is 5.62. The molecule has 5 nitrogen and oxygen atoms in total. The first-order valence-electron chi connectivity index (χ1n) is 6.34. The lowest BCUT2D eigenvalue weighted by molar-refractivity contribution is 0.155. The van der Waals surface area contributed by atoms with Crippen molar-refractivity contribution in [3.05, 3.63) is 59.9 Å². The van der Waals surface area contributed by atoms with Crippen LogP contribution in [0.4, 0.5) is 15.1 Å². The number of aromatic amines is 1. The molecule has 0 saturated carbocycles. The number of rotatable bonds is 3. The summed E-state index contributed by atoms with van der Waals surface area (Å²) in [6.45, 7) is 0.168. The maximum Gasteiger partial charge on any atom is 0.414 e. The molecule has 1 heterocycles. The van der Waals surface area contributed by atoms with Gasteiger partial charge in [0.1, 0.15) is 12.4 Å². The van der Waals surface area contributed by atoms with Gasteiger partial charge < -0.3 is 9.72 Å². The highest BCUT2D eigenvalue weighted by Gasteiger charge is 2.08. The number of carbonyl (C=O) groups is 1. The number of halogens is 1. The molecule has 21 heavy (non-hydrogen) atoms. The highest BCUT2D eigenvalue weighted by molar-refractivity contribution is 5.86. The Kier molecular flexibility index (Phi) is 3.51. The molecule has 0 saturated heterocycles. The number of nitrogens with zero attached hydrogens (tertiary/aromatic N) is 1. The molecule has 2 aromatic carbocycles. The van der Waals surface area contributed by atoms with Gasteiger partial charge in [0.25, 0.3) is 0 Å². The van der Waals surface area contributed by atoms with E-state index >= 15 is 0 Å². The van der Waals surface area contributed by atoms with Crippen LogP contribution in [0.25, 0.3) is 11.0 Å². The van der Waals surface area contributed by atoms with E-state index in [1.165, 1.54) is 18.2 Å². The molecule has 6 heteroatoms. The summed E-state index contributed by atoms with van der Waals surface area (Å²) in [5, 5.41) is 2.47. The lowest BCUT2D eigenvalue weighted by Gasteiger charge is -2.04. The lowest BCUT2D eigenvalue weighted by atomic mass is 10.2. The molecule has 0 fully saturated rings.